The zero-order chi connectivity index (χ0) is 25.7. The molecule has 3 aliphatic rings. The summed E-state index contributed by atoms with van der Waals surface area (Å²) < 4.78 is 29.3. The molecule has 192 valence electrons. The van der Waals surface area contributed by atoms with Crippen LogP contribution in [0.15, 0.2) is 47.1 Å². The number of hydrogen-bond donors (Lipinski definition) is 4. The summed E-state index contributed by atoms with van der Waals surface area (Å²) in [5.41, 5.74) is 7.41. The highest BCUT2D eigenvalue weighted by molar-refractivity contribution is 7.89. The van der Waals surface area contributed by atoms with Gasteiger partial charge in [-0.05, 0) is 43.2 Å². The molecule has 0 radical (unpaired) electrons. The van der Waals surface area contributed by atoms with Crippen LogP contribution in [0.4, 0.5) is 22.1 Å². The van der Waals surface area contributed by atoms with Crippen molar-refractivity contribution in [2.75, 3.05) is 42.1 Å². The Balaban J connectivity index is 1.28. The van der Waals surface area contributed by atoms with E-state index in [1.165, 1.54) is 22.5 Å². The predicted molar refractivity (Wildman–Crippen MR) is 136 cm³/mol. The van der Waals surface area contributed by atoms with Gasteiger partial charge >= 0.3 is 6.03 Å². The highest BCUT2D eigenvalue weighted by Crippen LogP contribution is 2.29. The van der Waals surface area contributed by atoms with Gasteiger partial charge in [0.1, 0.15) is 17.3 Å². The van der Waals surface area contributed by atoms with Crippen LogP contribution in [0.5, 0.6) is 0 Å². The number of imide groups is 1. The summed E-state index contributed by atoms with van der Waals surface area (Å²) in [4.78, 5) is 30.6. The lowest BCUT2D eigenvalue weighted by Gasteiger charge is -2.34. The summed E-state index contributed by atoms with van der Waals surface area (Å²) in [5, 5.41) is 12.6. The maximum absolute atomic E-state index is 13.1. The molecule has 0 bridgehead atoms. The molecule has 0 unspecified atom stereocenters. The summed E-state index contributed by atoms with van der Waals surface area (Å²) in [5.74, 6) is 0.902. The first-order valence-corrected chi connectivity index (χ1v) is 13.3. The number of benzene rings is 1. The van der Waals surface area contributed by atoms with Crippen molar-refractivity contribution >= 4 is 51.0 Å². The predicted octanol–water partition coefficient (Wildman–Crippen LogP) is 0.577. The van der Waals surface area contributed by atoms with E-state index >= 15 is 0 Å². The van der Waals surface area contributed by atoms with Gasteiger partial charge in [-0.2, -0.15) is 13.9 Å². The van der Waals surface area contributed by atoms with Crippen LogP contribution >= 0.6 is 0 Å². The zero-order valence-electron chi connectivity index (χ0n) is 19.7. The van der Waals surface area contributed by atoms with Crippen molar-refractivity contribution in [3.05, 3.63) is 47.8 Å². The summed E-state index contributed by atoms with van der Waals surface area (Å²) in [6, 6.07) is 7.88. The molecule has 13 nitrogen and oxygen atoms in total. The van der Waals surface area contributed by atoms with Crippen molar-refractivity contribution in [3.63, 3.8) is 0 Å². The third-order valence-electron chi connectivity index (χ3n) is 6.52. The molecule has 14 heteroatoms. The number of amides is 3. The number of piperazine rings is 1. The largest absolute Gasteiger partial charge is 0.399 e. The van der Waals surface area contributed by atoms with Gasteiger partial charge in [-0.15, -0.1) is 0 Å². The van der Waals surface area contributed by atoms with Crippen LogP contribution in [0.3, 0.4) is 0 Å². The SMILES string of the molecule is Nc1ccc(S(=O)(=O)N2CCN(c3cc(NC4CC4)n4ncc(/C=C5\NC(=O)NC5=O)c4n3)CC2)cc1. The summed E-state index contributed by atoms with van der Waals surface area (Å²) in [6.07, 6.45) is 5.25. The standard InChI is InChI=1S/C23H25N9O4S/c24-15-1-5-17(6-2-15)37(35,36)31-9-7-30(8-10-31)19-12-20(26-16-3-4-16)32-21(28-19)14(13-25-32)11-18-22(33)29-23(34)27-18/h1-2,5-6,11-13,16,26H,3-4,7-10,24H2,(H2,27,29,33,34)/b18-11-. The maximum atomic E-state index is 13.1. The molecular formula is C23H25N9O4S. The molecule has 6 rings (SSSR count). The molecule has 1 aliphatic carbocycles. The number of hydrogen-bond acceptors (Lipinski definition) is 9. The number of rotatable bonds is 6. The molecule has 2 saturated heterocycles. The second-order valence-corrected chi connectivity index (χ2v) is 11.1. The fourth-order valence-corrected chi connectivity index (χ4v) is 5.78. The van der Waals surface area contributed by atoms with Gasteiger partial charge < -0.3 is 21.3 Å². The molecule has 2 aromatic heterocycles. The molecular weight excluding hydrogens is 498 g/mol. The first-order valence-electron chi connectivity index (χ1n) is 11.9. The van der Waals surface area contributed by atoms with Crippen LogP contribution in [0.25, 0.3) is 11.7 Å². The number of anilines is 3. The fraction of sp³-hybridized carbons (Fsp3) is 0.304. The number of nitrogens with zero attached hydrogens (tertiary/aromatic N) is 5. The smallest absolute Gasteiger partial charge is 0.326 e. The van der Waals surface area contributed by atoms with E-state index in [0.717, 1.165) is 18.7 Å². The lowest BCUT2D eigenvalue weighted by molar-refractivity contribution is -0.115. The van der Waals surface area contributed by atoms with Crippen LogP contribution in [0, 0.1) is 0 Å². The first-order chi connectivity index (χ1) is 17.8. The lowest BCUT2D eigenvalue weighted by Crippen LogP contribution is -2.49. The number of aromatic nitrogens is 3. The number of urea groups is 1. The number of sulfonamides is 1. The van der Waals surface area contributed by atoms with Crippen molar-refractivity contribution in [1.82, 2.24) is 29.5 Å². The van der Waals surface area contributed by atoms with E-state index in [4.69, 9.17) is 10.7 Å². The average Bonchev–Trinajstić information content (AvgIpc) is 3.52. The Kier molecular flexibility index (Phi) is 5.49. The number of carbonyl (C=O) groups is 2. The van der Waals surface area contributed by atoms with Crippen LogP contribution in [-0.2, 0) is 14.8 Å². The maximum Gasteiger partial charge on any atom is 0.326 e. The quantitative estimate of drug-likeness (QED) is 0.205. The van der Waals surface area contributed by atoms with Crippen LogP contribution in [-0.4, -0.2) is 71.5 Å². The van der Waals surface area contributed by atoms with Crippen LogP contribution in [0.1, 0.15) is 18.4 Å². The molecule has 5 N–H and O–H groups in total. The van der Waals surface area contributed by atoms with Crippen molar-refractivity contribution in [1.29, 1.82) is 0 Å². The van der Waals surface area contributed by atoms with E-state index in [1.807, 2.05) is 11.0 Å². The molecule has 3 aromatic rings. The summed E-state index contributed by atoms with van der Waals surface area (Å²) in [7, 11) is -3.63. The second kappa shape index (κ2) is 8.74. The number of nitrogens with one attached hydrogen (secondary N) is 3. The van der Waals surface area contributed by atoms with Gasteiger partial charge in [-0.25, -0.2) is 18.2 Å². The van der Waals surface area contributed by atoms with Gasteiger partial charge in [-0.1, -0.05) is 0 Å². The zero-order valence-corrected chi connectivity index (χ0v) is 20.5. The minimum atomic E-state index is -3.63. The molecule has 3 amide bonds. The highest BCUT2D eigenvalue weighted by Gasteiger charge is 2.30. The van der Waals surface area contributed by atoms with E-state index in [-0.39, 0.29) is 10.6 Å². The Labute approximate surface area is 212 Å². The van der Waals surface area contributed by atoms with Crippen molar-refractivity contribution in [2.24, 2.45) is 0 Å². The Hall–Kier alpha value is -4.17. The Bertz CT molecular complexity index is 1540. The summed E-state index contributed by atoms with van der Waals surface area (Å²) >= 11 is 0. The monoisotopic (exact) mass is 523 g/mol. The van der Waals surface area contributed by atoms with Gasteiger partial charge in [0.2, 0.25) is 10.0 Å². The van der Waals surface area contributed by atoms with E-state index in [1.54, 1.807) is 22.8 Å². The number of nitrogens with two attached hydrogens (primary N) is 1. The Morgan fingerprint density at radius 1 is 1.05 bits per heavy atom. The van der Waals surface area contributed by atoms with E-state index < -0.39 is 22.0 Å². The van der Waals surface area contributed by atoms with Gasteiger partial charge in [0.15, 0.2) is 5.65 Å². The van der Waals surface area contributed by atoms with Crippen molar-refractivity contribution in [3.8, 4) is 0 Å². The lowest BCUT2D eigenvalue weighted by atomic mass is 10.2. The van der Waals surface area contributed by atoms with Crippen LogP contribution in [0.2, 0.25) is 0 Å². The molecule has 37 heavy (non-hydrogen) atoms. The number of carbonyl (C=O) groups excluding carboxylic acids is 2. The van der Waals surface area contributed by atoms with Crippen LogP contribution < -0.4 is 26.6 Å². The molecule has 2 aliphatic heterocycles. The Morgan fingerprint density at radius 2 is 1.78 bits per heavy atom. The molecule has 1 aromatic carbocycles. The third-order valence-corrected chi connectivity index (χ3v) is 8.43. The van der Waals surface area contributed by atoms with Gasteiger partial charge in [0, 0.05) is 49.5 Å². The number of fused-ring (bicyclic) bond motifs is 1. The Morgan fingerprint density at radius 3 is 2.43 bits per heavy atom. The van der Waals surface area contributed by atoms with E-state index in [0.29, 0.717) is 54.9 Å². The molecule has 0 atom stereocenters. The van der Waals surface area contributed by atoms with Crippen molar-refractivity contribution < 1.29 is 18.0 Å². The minimum absolute atomic E-state index is 0.116. The van der Waals surface area contributed by atoms with E-state index in [9.17, 15) is 18.0 Å². The first kappa shape index (κ1) is 23.2. The molecule has 1 saturated carbocycles. The second-order valence-electron chi connectivity index (χ2n) is 9.18. The average molecular weight is 524 g/mol. The topological polar surface area (TPSA) is 167 Å². The van der Waals surface area contributed by atoms with Gasteiger partial charge in [0.25, 0.3) is 5.91 Å². The van der Waals surface area contributed by atoms with Crippen molar-refractivity contribution in [2.45, 2.75) is 23.8 Å². The minimum Gasteiger partial charge on any atom is -0.399 e. The fourth-order valence-electron chi connectivity index (χ4n) is 4.35. The highest BCUT2D eigenvalue weighted by atomic mass is 32.2. The third kappa shape index (κ3) is 4.44. The normalized spacial score (nSPS) is 19.9. The molecule has 0 spiro atoms. The molecule has 4 heterocycles. The summed E-state index contributed by atoms with van der Waals surface area (Å²) in [6.45, 7) is 1.49. The van der Waals surface area contributed by atoms with Gasteiger partial charge in [-0.3, -0.25) is 10.1 Å². The molecule has 3 fully saturated rings. The van der Waals surface area contributed by atoms with E-state index in [2.05, 4.69) is 21.0 Å². The van der Waals surface area contributed by atoms with Gasteiger partial charge in [0.05, 0.1) is 11.1 Å². The number of nitrogen functional groups attached to an aromatic ring is 1.